The molecule has 0 atom stereocenters. The van der Waals surface area contributed by atoms with E-state index in [0.717, 1.165) is 5.56 Å². The second-order valence-electron chi connectivity index (χ2n) is 5.76. The van der Waals surface area contributed by atoms with E-state index in [0.29, 0.717) is 29.9 Å². The Balaban J connectivity index is 1.63. The molecule has 0 aliphatic carbocycles. The minimum absolute atomic E-state index is 0.141. The van der Waals surface area contributed by atoms with Gasteiger partial charge in [-0.25, -0.2) is 8.42 Å². The van der Waals surface area contributed by atoms with Gasteiger partial charge in [-0.05, 0) is 36.2 Å². The number of hydrogen-bond donors (Lipinski definition) is 1. The fourth-order valence-electron chi connectivity index (χ4n) is 2.82. The number of fused-ring (bicyclic) bond motifs is 1. The van der Waals surface area contributed by atoms with Crippen molar-refractivity contribution in [2.75, 3.05) is 21.9 Å². The highest BCUT2D eigenvalue weighted by Crippen LogP contribution is 2.30. The highest BCUT2D eigenvalue weighted by molar-refractivity contribution is 7.92. The third kappa shape index (κ3) is 3.80. The van der Waals surface area contributed by atoms with E-state index in [2.05, 4.69) is 5.32 Å². The van der Waals surface area contributed by atoms with E-state index < -0.39 is 15.9 Å². The van der Waals surface area contributed by atoms with Crippen molar-refractivity contribution in [3.63, 3.8) is 0 Å². The zero-order valence-corrected chi connectivity index (χ0v) is 14.3. The average molecular weight is 355 g/mol. The van der Waals surface area contributed by atoms with Gasteiger partial charge in [0.2, 0.25) is 15.9 Å². The Morgan fingerprint density at radius 1 is 1.20 bits per heavy atom. The first-order valence-corrected chi connectivity index (χ1v) is 9.49. The van der Waals surface area contributed by atoms with Crippen LogP contribution in [0, 0.1) is 11.3 Å². The summed E-state index contributed by atoms with van der Waals surface area (Å²) in [6.45, 7) is 0.410. The Morgan fingerprint density at radius 2 is 2.00 bits per heavy atom. The van der Waals surface area contributed by atoms with Gasteiger partial charge in [0.1, 0.15) is 0 Å². The van der Waals surface area contributed by atoms with Gasteiger partial charge in [-0.1, -0.05) is 24.3 Å². The molecule has 7 heteroatoms. The maximum Gasteiger partial charge on any atom is 0.235 e. The molecular formula is C18H17N3O3S. The number of nitrogens with zero attached hydrogens (tertiary/aromatic N) is 2. The van der Waals surface area contributed by atoms with Crippen molar-refractivity contribution < 1.29 is 13.2 Å². The molecule has 0 aromatic heterocycles. The van der Waals surface area contributed by atoms with Crippen molar-refractivity contribution in [2.24, 2.45) is 0 Å². The SMILES string of the molecule is N#Cc1cccc(NC(=O)CCS(=O)(=O)N2CCc3ccccc32)c1. The van der Waals surface area contributed by atoms with Crippen LogP contribution in [0.3, 0.4) is 0 Å². The van der Waals surface area contributed by atoms with Gasteiger partial charge in [-0.2, -0.15) is 5.26 Å². The largest absolute Gasteiger partial charge is 0.326 e. The molecule has 1 amide bonds. The minimum Gasteiger partial charge on any atom is -0.326 e. The summed E-state index contributed by atoms with van der Waals surface area (Å²) in [6, 6.07) is 15.9. The zero-order valence-electron chi connectivity index (χ0n) is 13.5. The van der Waals surface area contributed by atoms with Crippen LogP contribution in [-0.2, 0) is 21.2 Å². The summed E-state index contributed by atoms with van der Waals surface area (Å²) in [5.74, 6) is -0.656. The number of hydrogen-bond acceptors (Lipinski definition) is 4. The van der Waals surface area contributed by atoms with Gasteiger partial charge in [0.25, 0.3) is 0 Å². The molecule has 1 aliphatic heterocycles. The molecule has 0 saturated carbocycles. The van der Waals surface area contributed by atoms with Crippen molar-refractivity contribution in [3.05, 3.63) is 59.7 Å². The van der Waals surface area contributed by atoms with E-state index in [1.165, 1.54) is 4.31 Å². The molecule has 6 nitrogen and oxygen atoms in total. The van der Waals surface area contributed by atoms with Crippen LogP contribution in [0.25, 0.3) is 0 Å². The Morgan fingerprint density at radius 3 is 2.80 bits per heavy atom. The van der Waals surface area contributed by atoms with E-state index >= 15 is 0 Å². The lowest BCUT2D eigenvalue weighted by atomic mass is 10.2. The highest BCUT2D eigenvalue weighted by Gasteiger charge is 2.29. The van der Waals surface area contributed by atoms with Crippen LogP contribution in [0.2, 0.25) is 0 Å². The summed E-state index contributed by atoms with van der Waals surface area (Å²) in [4.78, 5) is 12.0. The predicted octanol–water partition coefficient (Wildman–Crippen LogP) is 2.28. The van der Waals surface area contributed by atoms with Crippen LogP contribution in [-0.4, -0.2) is 26.6 Å². The molecule has 3 rings (SSSR count). The van der Waals surface area contributed by atoms with Crippen LogP contribution in [0.4, 0.5) is 11.4 Å². The van der Waals surface area contributed by atoms with Crippen LogP contribution in [0.1, 0.15) is 17.5 Å². The van der Waals surface area contributed by atoms with Crippen molar-refractivity contribution in [1.82, 2.24) is 0 Å². The number of carbonyl (C=O) groups is 1. The summed E-state index contributed by atoms with van der Waals surface area (Å²) in [5.41, 5.74) is 2.61. The van der Waals surface area contributed by atoms with Gasteiger partial charge < -0.3 is 5.32 Å². The van der Waals surface area contributed by atoms with E-state index in [4.69, 9.17) is 5.26 Å². The fourth-order valence-corrected chi connectivity index (χ4v) is 4.33. The van der Waals surface area contributed by atoms with Crippen molar-refractivity contribution in [2.45, 2.75) is 12.8 Å². The lowest BCUT2D eigenvalue weighted by molar-refractivity contribution is -0.115. The Kier molecular flexibility index (Phi) is 4.72. The van der Waals surface area contributed by atoms with Gasteiger partial charge in [-0.3, -0.25) is 9.10 Å². The standard InChI is InChI=1S/C18H17N3O3S/c19-13-14-4-3-6-16(12-14)20-18(22)9-11-25(23,24)21-10-8-15-5-1-2-7-17(15)21/h1-7,12H,8-11H2,(H,20,22). The number of carbonyl (C=O) groups excluding carboxylic acids is 1. The van der Waals surface area contributed by atoms with E-state index in [1.54, 1.807) is 30.3 Å². The van der Waals surface area contributed by atoms with E-state index in [9.17, 15) is 13.2 Å². The average Bonchev–Trinajstić information content (AvgIpc) is 3.05. The molecule has 2 aromatic carbocycles. The van der Waals surface area contributed by atoms with Crippen LogP contribution in [0.15, 0.2) is 48.5 Å². The number of nitriles is 1. The monoisotopic (exact) mass is 355 g/mol. The Hall–Kier alpha value is -2.85. The predicted molar refractivity (Wildman–Crippen MR) is 95.7 cm³/mol. The molecule has 0 bridgehead atoms. The molecule has 0 fully saturated rings. The lowest BCUT2D eigenvalue weighted by Crippen LogP contribution is -2.32. The Labute approximate surface area is 146 Å². The molecule has 0 saturated heterocycles. The zero-order chi connectivity index (χ0) is 17.9. The number of para-hydroxylation sites is 1. The van der Waals surface area contributed by atoms with Gasteiger partial charge >= 0.3 is 0 Å². The summed E-state index contributed by atoms with van der Waals surface area (Å²) in [5, 5.41) is 11.5. The number of rotatable bonds is 5. The topological polar surface area (TPSA) is 90.3 Å². The molecular weight excluding hydrogens is 338 g/mol. The second kappa shape index (κ2) is 6.95. The quantitative estimate of drug-likeness (QED) is 0.891. The first-order chi connectivity index (χ1) is 12.0. The molecule has 25 heavy (non-hydrogen) atoms. The van der Waals surface area contributed by atoms with Crippen molar-refractivity contribution >= 4 is 27.3 Å². The van der Waals surface area contributed by atoms with Gasteiger partial charge in [0.05, 0.1) is 23.1 Å². The van der Waals surface area contributed by atoms with Gasteiger partial charge in [-0.15, -0.1) is 0 Å². The molecule has 128 valence electrons. The number of anilines is 2. The smallest absolute Gasteiger partial charge is 0.235 e. The van der Waals surface area contributed by atoms with Crippen molar-refractivity contribution in [3.8, 4) is 6.07 Å². The van der Waals surface area contributed by atoms with E-state index in [1.807, 2.05) is 24.3 Å². The number of nitrogens with one attached hydrogen (secondary N) is 1. The second-order valence-corrected chi connectivity index (χ2v) is 7.77. The molecule has 1 N–H and O–H groups in total. The summed E-state index contributed by atoms with van der Waals surface area (Å²) >= 11 is 0. The molecule has 1 heterocycles. The molecule has 2 aromatic rings. The third-order valence-electron chi connectivity index (χ3n) is 4.04. The first-order valence-electron chi connectivity index (χ1n) is 7.88. The van der Waals surface area contributed by atoms with Crippen molar-refractivity contribution in [1.29, 1.82) is 5.26 Å². The number of amides is 1. The van der Waals surface area contributed by atoms with Gasteiger partial charge in [0, 0.05) is 18.7 Å². The summed E-state index contributed by atoms with van der Waals surface area (Å²) in [7, 11) is -3.55. The number of sulfonamides is 1. The molecule has 0 unspecified atom stereocenters. The first kappa shape index (κ1) is 17.0. The number of benzene rings is 2. The fraction of sp³-hybridized carbons (Fsp3) is 0.222. The lowest BCUT2D eigenvalue weighted by Gasteiger charge is -2.19. The van der Waals surface area contributed by atoms with Crippen LogP contribution >= 0.6 is 0 Å². The third-order valence-corrected chi connectivity index (χ3v) is 5.81. The highest BCUT2D eigenvalue weighted by atomic mass is 32.2. The van der Waals surface area contributed by atoms with Crippen LogP contribution in [0.5, 0.6) is 0 Å². The normalized spacial score (nSPS) is 13.2. The Bertz CT molecular complexity index is 948. The molecule has 1 aliphatic rings. The summed E-state index contributed by atoms with van der Waals surface area (Å²) < 4.78 is 26.5. The minimum atomic E-state index is -3.55. The summed E-state index contributed by atoms with van der Waals surface area (Å²) in [6.07, 6.45) is 0.542. The van der Waals surface area contributed by atoms with Gasteiger partial charge in [0.15, 0.2) is 0 Å². The molecule has 0 radical (unpaired) electrons. The van der Waals surface area contributed by atoms with Crippen LogP contribution < -0.4 is 9.62 Å². The maximum absolute atomic E-state index is 12.6. The maximum atomic E-state index is 12.6. The molecule has 0 spiro atoms. The van der Waals surface area contributed by atoms with E-state index in [-0.39, 0.29) is 12.2 Å².